The molecule has 0 saturated carbocycles. The average Bonchev–Trinajstić information content (AvgIpc) is 3.40. The molecule has 0 aromatic heterocycles. The first-order chi connectivity index (χ1) is 24.2. The first-order valence-electron chi connectivity index (χ1n) is 15.9. The molecule has 8 nitrogen and oxygen atoms in total. The number of ketones is 1. The Labute approximate surface area is 300 Å². The maximum atomic E-state index is 14.5. The summed E-state index contributed by atoms with van der Waals surface area (Å²) in [5.41, 5.74) is 4.67. The van der Waals surface area contributed by atoms with Crippen LogP contribution in [0.15, 0.2) is 126 Å². The van der Waals surface area contributed by atoms with Crippen molar-refractivity contribution in [2.75, 3.05) is 6.54 Å². The summed E-state index contributed by atoms with van der Waals surface area (Å²) in [4.78, 5) is 69.7. The monoisotopic (exact) mass is 744 g/mol. The SMILES string of the molecule is O=C(CN(C(=O)c1ccc(Cl)cc1)N1C(=O)[C@@H]2C3c4ccccc4C(c4ccccc43)[C@H]2C1=O)c1ccc(OC(=O)c2ccc(Br)cc2)cc1. The van der Waals surface area contributed by atoms with Gasteiger partial charge in [0, 0.05) is 32.5 Å². The number of hydrogen-bond acceptors (Lipinski definition) is 6. The fraction of sp³-hybridized carbons (Fsp3) is 0.125. The summed E-state index contributed by atoms with van der Waals surface area (Å²) in [6, 6.07) is 34.3. The van der Waals surface area contributed by atoms with Gasteiger partial charge in [0.1, 0.15) is 12.3 Å². The average molecular weight is 746 g/mol. The summed E-state index contributed by atoms with van der Waals surface area (Å²) < 4.78 is 6.29. The van der Waals surface area contributed by atoms with Crippen molar-refractivity contribution in [2.24, 2.45) is 11.8 Å². The van der Waals surface area contributed by atoms with Gasteiger partial charge in [0.05, 0.1) is 17.4 Å². The van der Waals surface area contributed by atoms with E-state index in [0.717, 1.165) is 36.7 Å². The summed E-state index contributed by atoms with van der Waals surface area (Å²) in [6.45, 7) is -0.592. The number of carbonyl (C=O) groups excluding carboxylic acids is 5. The molecule has 5 aromatic carbocycles. The lowest BCUT2D eigenvalue weighted by Gasteiger charge is -2.45. The Balaban J connectivity index is 1.11. The highest BCUT2D eigenvalue weighted by molar-refractivity contribution is 9.10. The van der Waals surface area contributed by atoms with Gasteiger partial charge in [0.2, 0.25) is 0 Å². The molecule has 0 N–H and O–H groups in total. The van der Waals surface area contributed by atoms with Crippen molar-refractivity contribution in [1.29, 1.82) is 0 Å². The van der Waals surface area contributed by atoms with Gasteiger partial charge >= 0.3 is 5.97 Å². The van der Waals surface area contributed by atoms with Crippen LogP contribution >= 0.6 is 27.5 Å². The van der Waals surface area contributed by atoms with Crippen molar-refractivity contribution < 1.29 is 28.7 Å². The Hall–Kier alpha value is -5.38. The molecule has 2 bridgehead atoms. The van der Waals surface area contributed by atoms with E-state index in [1.165, 1.54) is 48.5 Å². The van der Waals surface area contributed by atoms with Gasteiger partial charge in [-0.1, -0.05) is 76.1 Å². The predicted molar refractivity (Wildman–Crippen MR) is 188 cm³/mol. The summed E-state index contributed by atoms with van der Waals surface area (Å²) in [7, 11) is 0. The second-order valence-electron chi connectivity index (χ2n) is 12.5. The molecular formula is C40H26BrClN2O6. The van der Waals surface area contributed by atoms with Gasteiger partial charge < -0.3 is 4.74 Å². The molecule has 0 spiro atoms. The molecule has 10 heteroatoms. The zero-order chi connectivity index (χ0) is 34.7. The molecule has 1 fully saturated rings. The Bertz CT molecular complexity index is 2110. The number of esters is 1. The van der Waals surface area contributed by atoms with Crippen LogP contribution in [0.25, 0.3) is 0 Å². The van der Waals surface area contributed by atoms with Crippen LogP contribution in [0.3, 0.4) is 0 Å². The summed E-state index contributed by atoms with van der Waals surface area (Å²) >= 11 is 9.43. The van der Waals surface area contributed by atoms with E-state index in [-0.39, 0.29) is 28.7 Å². The van der Waals surface area contributed by atoms with Gasteiger partial charge in [-0.15, -0.1) is 0 Å². The number of imide groups is 1. The number of Topliss-reactive ketones (excluding diaryl/α,β-unsaturated/α-hetero) is 1. The largest absolute Gasteiger partial charge is 0.423 e. The number of nitrogens with zero attached hydrogens (tertiary/aromatic N) is 2. The molecule has 1 aliphatic heterocycles. The molecule has 1 saturated heterocycles. The predicted octanol–water partition coefficient (Wildman–Crippen LogP) is 7.45. The number of ether oxygens (including phenoxy) is 1. The highest BCUT2D eigenvalue weighted by atomic mass is 79.9. The highest BCUT2D eigenvalue weighted by Crippen LogP contribution is 2.61. The Morgan fingerprint density at radius 3 is 1.60 bits per heavy atom. The number of rotatable bonds is 7. The van der Waals surface area contributed by atoms with E-state index in [2.05, 4.69) is 15.9 Å². The van der Waals surface area contributed by atoms with E-state index in [0.29, 0.717) is 10.6 Å². The van der Waals surface area contributed by atoms with Gasteiger partial charge in [-0.05, 0) is 95.1 Å². The third kappa shape index (κ3) is 5.25. The van der Waals surface area contributed by atoms with Gasteiger partial charge in [0.25, 0.3) is 17.7 Å². The molecule has 2 atom stereocenters. The van der Waals surface area contributed by atoms with Crippen LogP contribution in [0.1, 0.15) is 65.2 Å². The van der Waals surface area contributed by atoms with Crippen LogP contribution < -0.4 is 4.74 Å². The van der Waals surface area contributed by atoms with E-state index in [9.17, 15) is 24.0 Å². The summed E-state index contributed by atoms with van der Waals surface area (Å²) in [5.74, 6) is -4.87. The Morgan fingerprint density at radius 2 is 1.10 bits per heavy atom. The molecule has 1 heterocycles. The Morgan fingerprint density at radius 1 is 0.640 bits per heavy atom. The standard InChI is InChI=1S/C40H26BrClN2O6/c41-25-15-9-24(10-16-25)40(49)50-27-19-13-22(14-20-27)32(45)21-43(37(46)23-11-17-26(42)18-12-23)44-38(47)35-33-28-5-1-2-6-29(28)34(36(35)39(44)48)31-8-4-3-7-30(31)33/h1-20,33-36H,21H2/t33?,34?,35-,36-/m1/s1. The lowest BCUT2D eigenvalue weighted by molar-refractivity contribution is -0.154. The molecule has 246 valence electrons. The van der Waals surface area contributed by atoms with Gasteiger partial charge in [-0.2, -0.15) is 5.01 Å². The molecule has 50 heavy (non-hydrogen) atoms. The fourth-order valence-electron chi connectivity index (χ4n) is 7.56. The molecule has 9 rings (SSSR count). The molecule has 0 radical (unpaired) electrons. The van der Waals surface area contributed by atoms with E-state index >= 15 is 0 Å². The second-order valence-corrected chi connectivity index (χ2v) is 13.8. The number of hydrazine groups is 1. The number of carbonyl (C=O) groups is 5. The van der Waals surface area contributed by atoms with Crippen LogP contribution in [0.5, 0.6) is 5.75 Å². The highest BCUT2D eigenvalue weighted by Gasteiger charge is 2.63. The van der Waals surface area contributed by atoms with E-state index in [4.69, 9.17) is 16.3 Å². The topological polar surface area (TPSA) is 101 Å². The number of halogens is 2. The van der Waals surface area contributed by atoms with Gasteiger partial charge in [0.15, 0.2) is 5.78 Å². The smallest absolute Gasteiger partial charge is 0.343 e. The lowest BCUT2D eigenvalue weighted by atomic mass is 9.55. The third-order valence-electron chi connectivity index (χ3n) is 9.75. The quantitative estimate of drug-likeness (QED) is 0.0743. The fourth-order valence-corrected chi connectivity index (χ4v) is 7.95. The lowest BCUT2D eigenvalue weighted by Crippen LogP contribution is -2.52. The normalized spacial score (nSPS) is 19.8. The van der Waals surface area contributed by atoms with Crippen molar-refractivity contribution in [3.05, 3.63) is 170 Å². The Kier molecular flexibility index (Phi) is 7.96. The van der Waals surface area contributed by atoms with Crippen molar-refractivity contribution >= 4 is 57.0 Å². The minimum Gasteiger partial charge on any atom is -0.423 e. The molecule has 3 aliphatic carbocycles. The molecular weight excluding hydrogens is 720 g/mol. The number of benzene rings is 5. The second kappa shape index (κ2) is 12.5. The first kappa shape index (κ1) is 31.9. The van der Waals surface area contributed by atoms with Crippen molar-refractivity contribution in [3.63, 3.8) is 0 Å². The third-order valence-corrected chi connectivity index (χ3v) is 10.5. The first-order valence-corrected chi connectivity index (χ1v) is 17.1. The zero-order valence-electron chi connectivity index (χ0n) is 26.2. The zero-order valence-corrected chi connectivity index (χ0v) is 28.5. The van der Waals surface area contributed by atoms with Crippen LogP contribution in [-0.2, 0) is 9.59 Å². The molecule has 0 unspecified atom stereocenters. The summed E-state index contributed by atoms with van der Waals surface area (Å²) in [5, 5.41) is 2.26. The molecule has 5 aromatic rings. The van der Waals surface area contributed by atoms with Crippen LogP contribution in [0.2, 0.25) is 5.02 Å². The van der Waals surface area contributed by atoms with Crippen LogP contribution in [-0.4, -0.2) is 46.0 Å². The van der Waals surface area contributed by atoms with Crippen molar-refractivity contribution in [2.45, 2.75) is 11.8 Å². The minimum atomic E-state index is -0.743. The van der Waals surface area contributed by atoms with Crippen molar-refractivity contribution in [3.8, 4) is 5.75 Å². The van der Waals surface area contributed by atoms with Crippen LogP contribution in [0.4, 0.5) is 0 Å². The maximum absolute atomic E-state index is 14.5. The molecule has 4 aliphatic rings. The number of amides is 3. The number of hydrogen-bond donors (Lipinski definition) is 0. The van der Waals surface area contributed by atoms with E-state index in [1.807, 2.05) is 48.5 Å². The van der Waals surface area contributed by atoms with E-state index < -0.39 is 47.9 Å². The maximum Gasteiger partial charge on any atom is 0.343 e. The van der Waals surface area contributed by atoms with Gasteiger partial charge in [-0.3, -0.25) is 19.2 Å². The van der Waals surface area contributed by atoms with E-state index in [1.54, 1.807) is 24.3 Å². The summed E-state index contributed by atoms with van der Waals surface area (Å²) in [6.07, 6.45) is 0. The minimum absolute atomic E-state index is 0.155. The van der Waals surface area contributed by atoms with Crippen LogP contribution in [0, 0.1) is 11.8 Å². The molecule has 3 amide bonds. The van der Waals surface area contributed by atoms with Crippen molar-refractivity contribution in [1.82, 2.24) is 10.0 Å². The van der Waals surface area contributed by atoms with Gasteiger partial charge in [-0.25, -0.2) is 9.80 Å².